The van der Waals surface area contributed by atoms with Crippen LogP contribution >= 0.6 is 0 Å². The van der Waals surface area contributed by atoms with Crippen LogP contribution in [0.3, 0.4) is 0 Å². The Labute approximate surface area is 220 Å². The normalized spacial score (nSPS) is 6.44. The van der Waals surface area contributed by atoms with E-state index in [-0.39, 0.29) is 70.1 Å². The van der Waals surface area contributed by atoms with Crippen LogP contribution in [-0.4, -0.2) is 172 Å². The molecule has 22 heteroatoms. The molecule has 0 fully saturated rings. The molecule has 0 aromatic carbocycles. The van der Waals surface area contributed by atoms with Crippen LogP contribution in [0.4, 0.5) is 0 Å². The predicted molar refractivity (Wildman–Crippen MR) is 101 cm³/mol. The zero-order chi connectivity index (χ0) is 24.0. The van der Waals surface area contributed by atoms with Crippen LogP contribution in [0.5, 0.6) is 0 Å². The second-order valence-electron chi connectivity index (χ2n) is 3.02. The van der Waals surface area contributed by atoms with Gasteiger partial charge in [0.05, 0.1) is 0 Å². The molecule has 0 aliphatic heterocycles. The van der Waals surface area contributed by atoms with Crippen molar-refractivity contribution in [3.05, 3.63) is 0 Å². The molecule has 0 bridgehead atoms. The molecule has 0 heterocycles. The predicted octanol–water partition coefficient (Wildman–Crippen LogP) is -7.42. The van der Waals surface area contributed by atoms with Crippen LogP contribution in [0.25, 0.3) is 0 Å². The van der Waals surface area contributed by atoms with Gasteiger partial charge in [0.1, 0.15) is 0 Å². The monoisotopic (exact) mass is 504 g/mol. The summed E-state index contributed by atoms with van der Waals surface area (Å²) in [6.07, 6.45) is 0. The minimum atomic E-state index is -1.82. The van der Waals surface area contributed by atoms with E-state index in [9.17, 15) is 0 Å². The third kappa shape index (κ3) is 91.6. The molecule has 0 saturated heterocycles. The molecule has 0 radical (unpaired) electrons. The summed E-state index contributed by atoms with van der Waals surface area (Å²) in [6.45, 7) is 1.19. The molecule has 0 aromatic rings. The second-order valence-corrected chi connectivity index (χ2v) is 3.02. The third-order valence-electron chi connectivity index (χ3n) is 0.898. The van der Waals surface area contributed by atoms with Crippen molar-refractivity contribution in [1.29, 1.82) is 0 Å². The van der Waals surface area contributed by atoms with Gasteiger partial charge in [-0.1, -0.05) is 0 Å². The zero-order valence-corrected chi connectivity index (χ0v) is 14.4. The topological polar surface area (TPSA) is 413 Å². The Morgan fingerprint density at radius 2 is 0.438 bits per heavy atom. The first-order valence-electron chi connectivity index (χ1n) is 5.74. The fourth-order valence-electron chi connectivity index (χ4n) is 0. The van der Waals surface area contributed by atoms with Gasteiger partial charge in [0, 0.05) is 13.1 Å². The summed E-state index contributed by atoms with van der Waals surface area (Å²) in [5.74, 6) is -14.6. The van der Waals surface area contributed by atoms with Crippen molar-refractivity contribution in [3.63, 3.8) is 0 Å². The second kappa shape index (κ2) is 39.1. The molecule has 0 rings (SSSR count). The van der Waals surface area contributed by atoms with Crippen molar-refractivity contribution in [3.8, 4) is 0 Å². The molecule has 0 aromatic heterocycles. The molecule has 32 heavy (non-hydrogen) atoms. The number of nitrogens with two attached hydrogens (primary N) is 2. The first-order valence-corrected chi connectivity index (χ1v) is 5.74. The molecular formula is C10H22N2Na2O18. The molecule has 182 valence electrons. The van der Waals surface area contributed by atoms with E-state index >= 15 is 0 Å². The van der Waals surface area contributed by atoms with Crippen LogP contribution in [-0.2, 0) is 38.4 Å². The summed E-state index contributed by atoms with van der Waals surface area (Å²) < 4.78 is 0. The Morgan fingerprint density at radius 1 is 0.375 bits per heavy atom. The quantitative estimate of drug-likeness (QED) is 0.117. The molecule has 16 N–H and O–H groups in total. The van der Waals surface area contributed by atoms with Crippen molar-refractivity contribution < 1.29 is 90.2 Å². The van der Waals surface area contributed by atoms with Crippen LogP contribution in [0, 0.1) is 0 Å². The summed E-state index contributed by atoms with van der Waals surface area (Å²) >= 11 is 0. The Bertz CT molecular complexity index is 434. The van der Waals surface area contributed by atoms with Gasteiger partial charge in [0.25, 0.3) is 0 Å². The number of carbonyl (C=O) groups is 8. The van der Waals surface area contributed by atoms with E-state index < -0.39 is 47.8 Å². The van der Waals surface area contributed by atoms with E-state index in [1.807, 2.05) is 0 Å². The Hall–Kier alpha value is -2.40. The molecule has 0 aliphatic rings. The van der Waals surface area contributed by atoms with Gasteiger partial charge in [0.2, 0.25) is 0 Å². The molecule has 20 nitrogen and oxygen atoms in total. The summed E-state index contributed by atoms with van der Waals surface area (Å²) in [4.78, 5) is 72.8. The molecule has 0 spiro atoms. The Morgan fingerprint density at radius 3 is 0.438 bits per heavy atom. The number of hydrogen-bond acceptors (Lipinski definition) is 10. The van der Waals surface area contributed by atoms with E-state index in [1.165, 1.54) is 0 Å². The van der Waals surface area contributed by atoms with Crippen LogP contribution in [0.2, 0.25) is 0 Å². The molecular weight excluding hydrogens is 482 g/mol. The van der Waals surface area contributed by atoms with Gasteiger partial charge in [0.15, 0.2) is 0 Å². The molecule has 0 atom stereocenters. The van der Waals surface area contributed by atoms with E-state index in [1.54, 1.807) is 0 Å². The fourth-order valence-corrected chi connectivity index (χ4v) is 0. The van der Waals surface area contributed by atoms with E-state index in [2.05, 4.69) is 0 Å². The van der Waals surface area contributed by atoms with Crippen molar-refractivity contribution >= 4 is 107 Å². The first-order chi connectivity index (χ1) is 12.5. The van der Waals surface area contributed by atoms with E-state index in [0.717, 1.165) is 0 Å². The maximum absolute atomic E-state index is 9.10. The first kappa shape index (κ1) is 57.1. The minimum absolute atomic E-state index is 0. The summed E-state index contributed by atoms with van der Waals surface area (Å²) in [5, 5.41) is 59.1. The standard InChI is InChI=1S/C2H8N2.4C2H2O4.2Na.2H2O.2H/c3-1-2-4;4*3-1(4)2(5)6;;;;;;/h1-4H2;4*(H,3,4)(H,5,6);;;2*1H2;;. The van der Waals surface area contributed by atoms with E-state index in [0.29, 0.717) is 13.1 Å². The Kier molecular flexibility index (Phi) is 69.7. The number of carboxylic acid groups (broad SMARTS) is 8. The third-order valence-corrected chi connectivity index (χ3v) is 0.898. The average Bonchev–Trinajstić information content (AvgIpc) is 2.56. The SMILES string of the molecule is NCCN.O.O.O=C(O)C(=O)O.O=C(O)C(=O)O.O=C(O)C(=O)O.O=C(O)C(=O)O.[NaH].[NaH]. The number of hydrogen-bond donors (Lipinski definition) is 10. The van der Waals surface area contributed by atoms with Gasteiger partial charge in [-0.3, -0.25) is 0 Å². The summed E-state index contributed by atoms with van der Waals surface area (Å²) in [6, 6.07) is 0. The summed E-state index contributed by atoms with van der Waals surface area (Å²) in [7, 11) is 0. The van der Waals surface area contributed by atoms with Gasteiger partial charge in [-0.15, -0.1) is 0 Å². The van der Waals surface area contributed by atoms with Crippen LogP contribution in [0.15, 0.2) is 0 Å². The molecule has 0 aliphatic carbocycles. The summed E-state index contributed by atoms with van der Waals surface area (Å²) in [5.41, 5.74) is 9.81. The number of carboxylic acids is 8. The maximum atomic E-state index is 9.10. The van der Waals surface area contributed by atoms with Crippen LogP contribution in [0.1, 0.15) is 0 Å². The van der Waals surface area contributed by atoms with Gasteiger partial charge in [-0.05, 0) is 0 Å². The fraction of sp³-hybridized carbons (Fsp3) is 0.200. The van der Waals surface area contributed by atoms with Crippen molar-refractivity contribution in [1.82, 2.24) is 0 Å². The number of rotatable bonds is 1. The van der Waals surface area contributed by atoms with Gasteiger partial charge >= 0.3 is 107 Å². The van der Waals surface area contributed by atoms with Crippen molar-refractivity contribution in [2.24, 2.45) is 11.5 Å². The van der Waals surface area contributed by atoms with Gasteiger partial charge in [-0.2, -0.15) is 0 Å². The van der Waals surface area contributed by atoms with E-state index in [4.69, 9.17) is 90.7 Å². The van der Waals surface area contributed by atoms with Crippen molar-refractivity contribution in [2.75, 3.05) is 13.1 Å². The van der Waals surface area contributed by atoms with Crippen LogP contribution < -0.4 is 11.5 Å². The van der Waals surface area contributed by atoms with Gasteiger partial charge < -0.3 is 63.3 Å². The molecule has 0 saturated carbocycles. The van der Waals surface area contributed by atoms with Crippen molar-refractivity contribution in [2.45, 2.75) is 0 Å². The molecule has 0 amide bonds. The molecule has 0 unspecified atom stereocenters. The average molecular weight is 504 g/mol. The van der Waals surface area contributed by atoms with Gasteiger partial charge in [-0.25, -0.2) is 38.4 Å². The Balaban J connectivity index is -0.0000000288. The number of aliphatic carboxylic acids is 8. The zero-order valence-electron chi connectivity index (χ0n) is 14.4.